The molecule has 0 saturated carbocycles. The Balaban J connectivity index is 1.82. The molecule has 3 aromatic rings. The van der Waals surface area contributed by atoms with Crippen molar-refractivity contribution < 1.29 is 14.3 Å². The lowest BCUT2D eigenvalue weighted by Gasteiger charge is -2.36. The molecule has 1 heterocycles. The van der Waals surface area contributed by atoms with Crippen molar-refractivity contribution in [2.24, 2.45) is 0 Å². The number of carbonyl (C=O) groups excluding carboxylic acids is 2. The van der Waals surface area contributed by atoms with E-state index in [1.54, 1.807) is 60.7 Å². The number of anilines is 2. The summed E-state index contributed by atoms with van der Waals surface area (Å²) in [6, 6.07) is 18.9. The molecule has 0 radical (unpaired) electrons. The van der Waals surface area contributed by atoms with E-state index in [-0.39, 0.29) is 17.3 Å². The molecular weight excluding hydrogens is 517 g/mol. The molecule has 9 heteroatoms. The molecule has 36 heavy (non-hydrogen) atoms. The van der Waals surface area contributed by atoms with Crippen LogP contribution in [0.4, 0.5) is 11.4 Å². The Hall–Kier alpha value is -3.70. The number of nitrogens with zero attached hydrogens (tertiary/aromatic N) is 3. The Morgan fingerprint density at radius 1 is 0.889 bits per heavy atom. The summed E-state index contributed by atoms with van der Waals surface area (Å²) in [5.74, 6) is -0.665. The van der Waals surface area contributed by atoms with Gasteiger partial charge in [0.2, 0.25) is 0 Å². The maximum Gasteiger partial charge on any atom is 0.270 e. The lowest BCUT2D eigenvalue weighted by Crippen LogP contribution is -2.57. The number of benzene rings is 3. The van der Waals surface area contributed by atoms with Crippen molar-refractivity contribution in [3.8, 4) is 11.8 Å². The second kappa shape index (κ2) is 10.5. The van der Waals surface area contributed by atoms with Gasteiger partial charge >= 0.3 is 0 Å². The van der Waals surface area contributed by atoms with Crippen LogP contribution >= 0.6 is 35.4 Å². The van der Waals surface area contributed by atoms with Crippen molar-refractivity contribution in [2.75, 3.05) is 16.4 Å². The number of thiocarbonyl (C=S) groups is 1. The second-order valence-electron chi connectivity index (χ2n) is 8.00. The van der Waals surface area contributed by atoms with E-state index in [1.807, 2.05) is 19.9 Å². The Bertz CT molecular complexity index is 1390. The number of ether oxygens (including phenoxy) is 1. The van der Waals surface area contributed by atoms with Crippen LogP contribution in [-0.2, 0) is 9.59 Å². The van der Waals surface area contributed by atoms with Crippen LogP contribution in [0.25, 0.3) is 6.08 Å². The topological polar surface area (TPSA) is 73.6 Å². The molecule has 1 fully saturated rings. The first-order valence-corrected chi connectivity index (χ1v) is 11.9. The predicted octanol–water partition coefficient (Wildman–Crippen LogP) is 6.26. The summed E-state index contributed by atoms with van der Waals surface area (Å²) < 4.78 is 5.27. The first-order chi connectivity index (χ1) is 17.2. The molecule has 0 aliphatic carbocycles. The van der Waals surface area contributed by atoms with Gasteiger partial charge in [0.15, 0.2) is 11.7 Å². The molecule has 0 atom stereocenters. The van der Waals surface area contributed by atoms with Crippen LogP contribution in [0.3, 0.4) is 0 Å². The Morgan fingerprint density at radius 2 is 1.39 bits per heavy atom. The van der Waals surface area contributed by atoms with Crippen LogP contribution in [-0.4, -0.2) is 23.5 Å². The van der Waals surface area contributed by atoms with Gasteiger partial charge in [-0.1, -0.05) is 47.5 Å². The fourth-order valence-electron chi connectivity index (χ4n) is 3.57. The summed E-state index contributed by atoms with van der Waals surface area (Å²) in [6.45, 7) is 3.61. The maximum absolute atomic E-state index is 13.6. The summed E-state index contributed by atoms with van der Waals surface area (Å²) in [7, 11) is 0. The van der Waals surface area contributed by atoms with E-state index < -0.39 is 11.8 Å². The van der Waals surface area contributed by atoms with Crippen molar-refractivity contribution in [1.82, 2.24) is 0 Å². The lowest BCUT2D eigenvalue weighted by molar-refractivity contribution is -0.120. The van der Waals surface area contributed by atoms with E-state index in [4.69, 9.17) is 45.4 Å². The Morgan fingerprint density at radius 3 is 1.83 bits per heavy atom. The summed E-state index contributed by atoms with van der Waals surface area (Å²) in [5.41, 5.74) is 3.03. The monoisotopic (exact) mass is 535 g/mol. The van der Waals surface area contributed by atoms with Crippen LogP contribution in [0.5, 0.6) is 5.75 Å². The number of hydrogen-bond acceptors (Lipinski definition) is 5. The normalized spacial score (nSPS) is 13.6. The zero-order valence-corrected chi connectivity index (χ0v) is 21.6. The van der Waals surface area contributed by atoms with Crippen molar-refractivity contribution in [1.29, 1.82) is 5.26 Å². The molecule has 6 nitrogen and oxygen atoms in total. The molecule has 0 N–H and O–H groups in total. The molecule has 0 bridgehead atoms. The van der Waals surface area contributed by atoms with E-state index in [2.05, 4.69) is 0 Å². The number of halogens is 2. The maximum atomic E-state index is 13.6. The van der Waals surface area contributed by atoms with Crippen molar-refractivity contribution >= 4 is 69.8 Å². The Kier molecular flexibility index (Phi) is 7.41. The number of rotatable bonds is 5. The third kappa shape index (κ3) is 4.98. The molecule has 1 aliphatic heterocycles. The SMILES string of the molecule is Cc1ccc(N2C(=O)C(=Cc3ccc(OCC#N)cc3)C(=O)N(c3ccc(C)c(Cl)c3)C2=S)cc1Cl. The standard InChI is InChI=1S/C27H19Cl2N3O3S/c1-16-3-7-19(14-23(16)28)31-25(33)22(13-18-5-9-21(10-6-18)35-12-11-30)26(34)32(27(31)36)20-8-4-17(2)24(29)15-20/h3-10,13-15H,12H2,1-2H3. The molecule has 1 saturated heterocycles. The number of aryl methyl sites for hydroxylation is 2. The quantitative estimate of drug-likeness (QED) is 0.219. The zero-order valence-electron chi connectivity index (χ0n) is 19.3. The van der Waals surface area contributed by atoms with Crippen LogP contribution in [0.1, 0.15) is 16.7 Å². The lowest BCUT2D eigenvalue weighted by atomic mass is 10.0. The van der Waals surface area contributed by atoms with Crippen molar-refractivity contribution in [2.45, 2.75) is 13.8 Å². The minimum atomic E-state index is -0.579. The number of nitriles is 1. The van der Waals surface area contributed by atoms with Gasteiger partial charge in [-0.15, -0.1) is 0 Å². The van der Waals surface area contributed by atoms with E-state index in [0.717, 1.165) is 11.1 Å². The molecule has 0 aromatic heterocycles. The highest BCUT2D eigenvalue weighted by Gasteiger charge is 2.41. The second-order valence-corrected chi connectivity index (χ2v) is 9.18. The highest BCUT2D eigenvalue weighted by Crippen LogP contribution is 2.33. The van der Waals surface area contributed by atoms with Gasteiger partial charge in [-0.25, -0.2) is 0 Å². The zero-order chi connectivity index (χ0) is 26.0. The van der Waals surface area contributed by atoms with Gasteiger partial charge in [-0.2, -0.15) is 5.26 Å². The number of carbonyl (C=O) groups is 2. The molecule has 3 aromatic carbocycles. The third-order valence-corrected chi connectivity index (χ3v) is 6.75. The molecule has 180 valence electrons. The smallest absolute Gasteiger partial charge is 0.270 e. The minimum Gasteiger partial charge on any atom is -0.479 e. The molecule has 0 spiro atoms. The molecule has 0 unspecified atom stereocenters. The summed E-state index contributed by atoms with van der Waals surface area (Å²) in [6.07, 6.45) is 1.49. The fourth-order valence-corrected chi connectivity index (χ4v) is 4.30. The van der Waals surface area contributed by atoms with E-state index >= 15 is 0 Å². The van der Waals surface area contributed by atoms with Gasteiger partial charge in [0.1, 0.15) is 17.4 Å². The summed E-state index contributed by atoms with van der Waals surface area (Å²) in [5, 5.41) is 9.60. The molecular formula is C27H19Cl2N3O3S. The van der Waals surface area contributed by atoms with E-state index in [0.29, 0.717) is 32.7 Å². The van der Waals surface area contributed by atoms with Crippen LogP contribution < -0.4 is 14.5 Å². The van der Waals surface area contributed by atoms with Crippen LogP contribution in [0, 0.1) is 25.2 Å². The van der Waals surface area contributed by atoms with Crippen LogP contribution in [0.2, 0.25) is 10.0 Å². The van der Waals surface area contributed by atoms with Gasteiger partial charge in [-0.05, 0) is 85.2 Å². The van der Waals surface area contributed by atoms with Gasteiger partial charge < -0.3 is 4.74 Å². The van der Waals surface area contributed by atoms with Gasteiger partial charge in [0.05, 0.1) is 11.4 Å². The van der Waals surface area contributed by atoms with E-state index in [9.17, 15) is 9.59 Å². The molecule has 2 amide bonds. The highest BCUT2D eigenvalue weighted by atomic mass is 35.5. The van der Waals surface area contributed by atoms with Crippen molar-refractivity contribution in [3.63, 3.8) is 0 Å². The molecule has 4 rings (SSSR count). The largest absolute Gasteiger partial charge is 0.479 e. The number of hydrogen-bond donors (Lipinski definition) is 0. The average molecular weight is 536 g/mol. The van der Waals surface area contributed by atoms with Gasteiger partial charge in [0, 0.05) is 10.0 Å². The highest BCUT2D eigenvalue weighted by molar-refractivity contribution is 7.81. The number of amides is 2. The first-order valence-electron chi connectivity index (χ1n) is 10.8. The fraction of sp³-hybridized carbons (Fsp3) is 0.111. The summed E-state index contributed by atoms with van der Waals surface area (Å²) in [4.78, 5) is 29.9. The Labute approximate surface area is 223 Å². The third-order valence-electron chi connectivity index (χ3n) is 5.57. The van der Waals surface area contributed by atoms with E-state index in [1.165, 1.54) is 15.9 Å². The summed E-state index contributed by atoms with van der Waals surface area (Å²) >= 11 is 18.3. The van der Waals surface area contributed by atoms with Crippen molar-refractivity contribution in [3.05, 3.63) is 93.0 Å². The average Bonchev–Trinajstić information content (AvgIpc) is 2.85. The molecule has 1 aliphatic rings. The van der Waals surface area contributed by atoms with Gasteiger partial charge in [-0.3, -0.25) is 19.4 Å². The first kappa shape index (κ1) is 25.4. The minimum absolute atomic E-state index is 0.0118. The van der Waals surface area contributed by atoms with Gasteiger partial charge in [0.25, 0.3) is 11.8 Å². The predicted molar refractivity (Wildman–Crippen MR) is 145 cm³/mol. The van der Waals surface area contributed by atoms with Crippen LogP contribution in [0.15, 0.2) is 66.2 Å².